The molecule has 3 nitrogen and oxygen atoms in total. The molecule has 0 radical (unpaired) electrons. The van der Waals surface area contributed by atoms with E-state index < -0.39 is 0 Å². The van der Waals surface area contributed by atoms with Crippen molar-refractivity contribution in [1.29, 1.82) is 0 Å². The van der Waals surface area contributed by atoms with Crippen molar-refractivity contribution in [1.82, 2.24) is 9.88 Å². The van der Waals surface area contributed by atoms with Crippen LogP contribution >= 0.6 is 0 Å². The number of para-hydroxylation sites is 1. The van der Waals surface area contributed by atoms with E-state index in [4.69, 9.17) is 4.74 Å². The summed E-state index contributed by atoms with van der Waals surface area (Å²) in [4.78, 5) is 6.18. The molecule has 19 heavy (non-hydrogen) atoms. The maximum absolute atomic E-state index is 5.48. The highest BCUT2D eigenvalue weighted by Gasteiger charge is 2.24. The predicted octanol–water partition coefficient (Wildman–Crippen LogP) is 2.56. The minimum atomic E-state index is 0.742. The first-order chi connectivity index (χ1) is 9.40. The lowest BCUT2D eigenvalue weighted by atomic mass is 10.0. The van der Waals surface area contributed by atoms with Gasteiger partial charge >= 0.3 is 0 Å². The molecule has 2 aromatic rings. The van der Waals surface area contributed by atoms with Gasteiger partial charge in [0.2, 0.25) is 0 Å². The number of hydrogen-bond acceptors (Lipinski definition) is 2. The van der Waals surface area contributed by atoms with Gasteiger partial charge in [0.15, 0.2) is 0 Å². The number of rotatable bonds is 2. The fourth-order valence-electron chi connectivity index (χ4n) is 3.50. The molecule has 2 aliphatic rings. The van der Waals surface area contributed by atoms with E-state index in [1.807, 2.05) is 0 Å². The fraction of sp³-hybridized carbons (Fsp3) is 0.500. The molecule has 0 unspecified atom stereocenters. The highest BCUT2D eigenvalue weighted by molar-refractivity contribution is 5.84. The fourth-order valence-corrected chi connectivity index (χ4v) is 3.50. The van der Waals surface area contributed by atoms with Gasteiger partial charge in [-0.1, -0.05) is 18.2 Å². The Labute approximate surface area is 113 Å². The van der Waals surface area contributed by atoms with Crippen LogP contribution in [0.4, 0.5) is 0 Å². The van der Waals surface area contributed by atoms with E-state index in [1.165, 1.54) is 48.1 Å². The van der Waals surface area contributed by atoms with Gasteiger partial charge in [-0.25, -0.2) is 0 Å². The van der Waals surface area contributed by atoms with Crippen LogP contribution in [-0.2, 0) is 17.7 Å². The molecule has 2 aliphatic heterocycles. The number of nitrogens with one attached hydrogen (secondary N) is 1. The minimum absolute atomic E-state index is 0.742. The molecule has 0 amide bonds. The first-order valence-corrected chi connectivity index (χ1v) is 7.29. The van der Waals surface area contributed by atoms with Gasteiger partial charge in [0.05, 0.1) is 6.61 Å². The summed E-state index contributed by atoms with van der Waals surface area (Å²) in [7, 11) is 0. The number of fused-ring (bicyclic) bond motifs is 3. The second-order valence-corrected chi connectivity index (χ2v) is 5.84. The van der Waals surface area contributed by atoms with Crippen LogP contribution in [0.25, 0.3) is 10.9 Å². The van der Waals surface area contributed by atoms with E-state index in [9.17, 15) is 0 Å². The Morgan fingerprint density at radius 3 is 3.16 bits per heavy atom. The standard InChI is InChI=1S/C16H20N2O/c1-2-4-15-13(3-1)14-5-7-18(10-16(14)17-15)9-12-6-8-19-11-12/h1-4,12,17H,5-11H2/t12-/m0/s1. The number of hydrogen-bond donors (Lipinski definition) is 1. The Kier molecular flexibility index (Phi) is 2.82. The Morgan fingerprint density at radius 2 is 2.26 bits per heavy atom. The molecular weight excluding hydrogens is 236 g/mol. The second-order valence-electron chi connectivity index (χ2n) is 5.84. The summed E-state index contributed by atoms with van der Waals surface area (Å²) in [5.74, 6) is 0.742. The number of benzene rings is 1. The molecule has 1 atom stereocenters. The van der Waals surface area contributed by atoms with Crippen LogP contribution in [0.5, 0.6) is 0 Å². The van der Waals surface area contributed by atoms with Crippen molar-refractivity contribution in [2.24, 2.45) is 5.92 Å². The van der Waals surface area contributed by atoms with Crippen LogP contribution in [0, 0.1) is 5.92 Å². The lowest BCUT2D eigenvalue weighted by Crippen LogP contribution is -2.34. The van der Waals surface area contributed by atoms with Crippen LogP contribution < -0.4 is 0 Å². The molecule has 0 saturated carbocycles. The molecular formula is C16H20N2O. The molecule has 1 aromatic heterocycles. The Hall–Kier alpha value is -1.32. The van der Waals surface area contributed by atoms with E-state index in [-0.39, 0.29) is 0 Å². The first kappa shape index (κ1) is 11.5. The molecule has 4 rings (SSSR count). The number of aromatic amines is 1. The molecule has 1 saturated heterocycles. The zero-order chi connectivity index (χ0) is 12.7. The summed E-state index contributed by atoms with van der Waals surface area (Å²) in [6, 6.07) is 8.67. The second kappa shape index (κ2) is 4.66. The number of nitrogens with zero attached hydrogens (tertiary/aromatic N) is 1. The van der Waals surface area contributed by atoms with Crippen molar-refractivity contribution in [3.8, 4) is 0 Å². The van der Waals surface area contributed by atoms with Crippen molar-refractivity contribution in [3.63, 3.8) is 0 Å². The molecule has 3 heterocycles. The van der Waals surface area contributed by atoms with Gasteiger partial charge in [0.25, 0.3) is 0 Å². The Bertz CT molecular complexity index is 583. The van der Waals surface area contributed by atoms with Crippen molar-refractivity contribution in [3.05, 3.63) is 35.5 Å². The molecule has 0 spiro atoms. The molecule has 0 aliphatic carbocycles. The van der Waals surface area contributed by atoms with Crippen molar-refractivity contribution >= 4 is 10.9 Å². The average molecular weight is 256 g/mol. The summed E-state index contributed by atoms with van der Waals surface area (Å²) in [6.07, 6.45) is 2.41. The van der Waals surface area contributed by atoms with E-state index in [1.54, 1.807) is 0 Å². The molecule has 1 fully saturated rings. The topological polar surface area (TPSA) is 28.3 Å². The molecule has 1 N–H and O–H groups in total. The largest absolute Gasteiger partial charge is 0.381 e. The van der Waals surface area contributed by atoms with Gasteiger partial charge in [-0.3, -0.25) is 4.90 Å². The summed E-state index contributed by atoms with van der Waals surface area (Å²) < 4.78 is 5.48. The van der Waals surface area contributed by atoms with Crippen LogP contribution in [0.3, 0.4) is 0 Å². The lowest BCUT2D eigenvalue weighted by molar-refractivity contribution is 0.161. The zero-order valence-electron chi connectivity index (χ0n) is 11.2. The van der Waals surface area contributed by atoms with E-state index in [0.29, 0.717) is 0 Å². The normalized spacial score (nSPS) is 23.9. The third-order valence-corrected chi connectivity index (χ3v) is 4.50. The average Bonchev–Trinajstić information content (AvgIpc) is 3.05. The summed E-state index contributed by atoms with van der Waals surface area (Å²) in [5.41, 5.74) is 4.25. The number of ether oxygens (including phenoxy) is 1. The van der Waals surface area contributed by atoms with E-state index >= 15 is 0 Å². The van der Waals surface area contributed by atoms with Crippen LogP contribution in [0.15, 0.2) is 24.3 Å². The summed E-state index contributed by atoms with van der Waals surface area (Å²) in [6.45, 7) is 5.35. The van der Waals surface area contributed by atoms with Gasteiger partial charge < -0.3 is 9.72 Å². The maximum atomic E-state index is 5.48. The zero-order valence-corrected chi connectivity index (χ0v) is 11.2. The smallest absolute Gasteiger partial charge is 0.0507 e. The van der Waals surface area contributed by atoms with Crippen LogP contribution in [-0.4, -0.2) is 36.2 Å². The van der Waals surface area contributed by atoms with Gasteiger partial charge in [0, 0.05) is 42.8 Å². The van der Waals surface area contributed by atoms with Crippen molar-refractivity contribution < 1.29 is 4.74 Å². The Morgan fingerprint density at radius 1 is 1.32 bits per heavy atom. The highest BCUT2D eigenvalue weighted by Crippen LogP contribution is 2.28. The third-order valence-electron chi connectivity index (χ3n) is 4.50. The maximum Gasteiger partial charge on any atom is 0.0507 e. The minimum Gasteiger partial charge on any atom is -0.381 e. The Balaban J connectivity index is 1.56. The van der Waals surface area contributed by atoms with Gasteiger partial charge in [-0.15, -0.1) is 0 Å². The molecule has 100 valence electrons. The van der Waals surface area contributed by atoms with E-state index in [2.05, 4.69) is 34.1 Å². The SMILES string of the molecule is c1ccc2c3c([nH]c2c1)CN(C[C@@H]1CCOC1)CC3. The third kappa shape index (κ3) is 2.07. The molecule has 1 aromatic carbocycles. The molecule has 3 heteroatoms. The van der Waals surface area contributed by atoms with Gasteiger partial charge in [0.1, 0.15) is 0 Å². The van der Waals surface area contributed by atoms with Crippen molar-refractivity contribution in [2.45, 2.75) is 19.4 Å². The lowest BCUT2D eigenvalue weighted by Gasteiger charge is -2.28. The van der Waals surface area contributed by atoms with Crippen molar-refractivity contribution in [2.75, 3.05) is 26.3 Å². The number of aromatic nitrogens is 1. The van der Waals surface area contributed by atoms with E-state index in [0.717, 1.165) is 25.7 Å². The van der Waals surface area contributed by atoms with Crippen LogP contribution in [0.2, 0.25) is 0 Å². The summed E-state index contributed by atoms with van der Waals surface area (Å²) >= 11 is 0. The monoisotopic (exact) mass is 256 g/mol. The van der Waals surface area contributed by atoms with Crippen LogP contribution in [0.1, 0.15) is 17.7 Å². The summed E-state index contributed by atoms with van der Waals surface area (Å²) in [5, 5.41) is 1.42. The van der Waals surface area contributed by atoms with Gasteiger partial charge in [-0.05, 0) is 30.4 Å². The quantitative estimate of drug-likeness (QED) is 0.894. The molecule has 0 bridgehead atoms. The number of H-pyrrole nitrogens is 1. The predicted molar refractivity (Wildman–Crippen MR) is 76.2 cm³/mol. The highest BCUT2D eigenvalue weighted by atomic mass is 16.5. The van der Waals surface area contributed by atoms with Gasteiger partial charge in [-0.2, -0.15) is 0 Å². The first-order valence-electron chi connectivity index (χ1n) is 7.29.